The average Bonchev–Trinajstić information content (AvgIpc) is 0. The maximum atomic E-state index is 0. The van der Waals surface area contributed by atoms with Crippen molar-refractivity contribution in [2.75, 3.05) is 0 Å². The molecule has 0 amide bonds. The number of hydrogen-bond acceptors (Lipinski definition) is 0. The predicted molar refractivity (Wildman–Crippen MR) is 14.5 cm³/mol. The van der Waals surface area contributed by atoms with Crippen molar-refractivity contribution in [3.8, 4) is 0 Å². The van der Waals surface area contributed by atoms with Gasteiger partial charge in [0.1, 0.15) is 0 Å². The quantitative estimate of drug-likeness (QED) is 0.292. The molecule has 0 aliphatic heterocycles. The summed E-state index contributed by atoms with van der Waals surface area (Å²) in [6.45, 7) is 0. The first kappa shape index (κ1) is 163. The summed E-state index contributed by atoms with van der Waals surface area (Å²) in [4.78, 5) is 0. The van der Waals surface area contributed by atoms with E-state index in [4.69, 9.17) is 0 Å². The molecule has 0 spiro atoms. The molecule has 0 aliphatic rings. The van der Waals surface area contributed by atoms with Crippen LogP contribution < -0.4 is 48.0 Å². The third kappa shape index (κ3) is 80.0. The molecule has 7 heavy (non-hydrogen) atoms. The first-order valence-corrected chi connectivity index (χ1v) is 0. The van der Waals surface area contributed by atoms with Crippen molar-refractivity contribution in [3.63, 3.8) is 0 Å². The van der Waals surface area contributed by atoms with Gasteiger partial charge >= 0.3 is 17.1 Å². The molecular weight excluding hydrogens is 373 g/mol. The normalized spacial score (nSPS) is 0. The second-order valence-corrected chi connectivity index (χ2v) is 0. The average molecular weight is 381 g/mol. The molecular formula is H8I2MnO4. The van der Waals surface area contributed by atoms with Crippen LogP contribution in [0.4, 0.5) is 0 Å². The van der Waals surface area contributed by atoms with Crippen LogP contribution in [0.2, 0.25) is 0 Å². The Morgan fingerprint density at radius 3 is 0.429 bits per heavy atom. The van der Waals surface area contributed by atoms with Gasteiger partial charge in [-0.25, -0.2) is 0 Å². The van der Waals surface area contributed by atoms with Gasteiger partial charge < -0.3 is 69.9 Å². The summed E-state index contributed by atoms with van der Waals surface area (Å²) in [6.07, 6.45) is 0. The monoisotopic (exact) mass is 381 g/mol. The zero-order valence-electron chi connectivity index (χ0n) is 3.13. The van der Waals surface area contributed by atoms with E-state index in [0.717, 1.165) is 0 Å². The van der Waals surface area contributed by atoms with Crippen molar-refractivity contribution in [1.29, 1.82) is 0 Å². The molecule has 0 atom stereocenters. The molecule has 0 aromatic rings. The Hall–Kier alpha value is 1.82. The molecule has 0 aromatic carbocycles. The van der Waals surface area contributed by atoms with E-state index in [-0.39, 0.29) is 86.9 Å². The van der Waals surface area contributed by atoms with Gasteiger partial charge in [0.2, 0.25) is 0 Å². The Kier molecular flexibility index (Phi) is 2560. The zero-order valence-corrected chi connectivity index (χ0v) is 8.63. The molecule has 0 rings (SSSR count). The van der Waals surface area contributed by atoms with Crippen molar-refractivity contribution < 1.29 is 86.9 Å². The van der Waals surface area contributed by atoms with Gasteiger partial charge in [-0.05, 0) is 0 Å². The number of halogens is 2. The molecule has 1 radical (unpaired) electrons. The van der Waals surface area contributed by atoms with Gasteiger partial charge in [-0.15, -0.1) is 0 Å². The van der Waals surface area contributed by atoms with Crippen LogP contribution >= 0.6 is 0 Å². The van der Waals surface area contributed by atoms with Crippen LogP contribution in [-0.4, -0.2) is 21.9 Å². The SMILES string of the molecule is O.O.O.O.[I-].[I-].[Mn+2]. The summed E-state index contributed by atoms with van der Waals surface area (Å²) in [6, 6.07) is 0. The van der Waals surface area contributed by atoms with Crippen LogP contribution in [0.5, 0.6) is 0 Å². The van der Waals surface area contributed by atoms with Gasteiger partial charge in [0.25, 0.3) is 0 Å². The summed E-state index contributed by atoms with van der Waals surface area (Å²) in [5.74, 6) is 0. The van der Waals surface area contributed by atoms with Gasteiger partial charge in [-0.2, -0.15) is 0 Å². The molecule has 7 heteroatoms. The van der Waals surface area contributed by atoms with Gasteiger partial charge in [0.05, 0.1) is 0 Å². The Morgan fingerprint density at radius 2 is 0.429 bits per heavy atom. The fraction of sp³-hybridized carbons (Fsp3) is 0. The molecule has 0 saturated heterocycles. The molecule has 0 fully saturated rings. The van der Waals surface area contributed by atoms with Gasteiger partial charge in [0.15, 0.2) is 0 Å². The van der Waals surface area contributed by atoms with E-state index in [9.17, 15) is 0 Å². The Labute approximate surface area is 86.2 Å². The molecule has 53 valence electrons. The van der Waals surface area contributed by atoms with Gasteiger partial charge in [-0.3, -0.25) is 0 Å². The Bertz CT molecular complexity index is 9.65. The molecule has 0 bridgehead atoms. The number of rotatable bonds is 0. The predicted octanol–water partition coefficient (Wildman–Crippen LogP) is -9.29. The summed E-state index contributed by atoms with van der Waals surface area (Å²) in [5, 5.41) is 0. The molecule has 0 aliphatic carbocycles. The second kappa shape index (κ2) is 110. The van der Waals surface area contributed by atoms with Crippen LogP contribution in [0, 0.1) is 0 Å². The maximum Gasteiger partial charge on any atom is 2.00 e. The van der Waals surface area contributed by atoms with Crippen molar-refractivity contribution in [3.05, 3.63) is 0 Å². The topological polar surface area (TPSA) is 126 Å². The van der Waals surface area contributed by atoms with Crippen molar-refractivity contribution in [2.24, 2.45) is 0 Å². The van der Waals surface area contributed by atoms with Crippen molar-refractivity contribution >= 4 is 0 Å². The summed E-state index contributed by atoms with van der Waals surface area (Å²) in [7, 11) is 0. The van der Waals surface area contributed by atoms with Crippen LogP contribution in [0.15, 0.2) is 0 Å². The Balaban J connectivity index is 0. The van der Waals surface area contributed by atoms with E-state index < -0.39 is 0 Å². The minimum atomic E-state index is 0. The molecule has 0 unspecified atom stereocenters. The molecule has 8 N–H and O–H groups in total. The zero-order chi connectivity index (χ0) is 0. The fourth-order valence-electron chi connectivity index (χ4n) is 0. The maximum absolute atomic E-state index is 0. The molecule has 0 aromatic heterocycles. The second-order valence-electron chi connectivity index (χ2n) is 0. The fourth-order valence-corrected chi connectivity index (χ4v) is 0. The van der Waals surface area contributed by atoms with Crippen LogP contribution in [0.3, 0.4) is 0 Å². The van der Waals surface area contributed by atoms with E-state index in [1.54, 1.807) is 0 Å². The van der Waals surface area contributed by atoms with Crippen LogP contribution in [0.1, 0.15) is 0 Å². The standard InChI is InChI=1S/2HI.Mn.4H2O/h2*1H;;4*1H2/q;;+2;;;;/p-2. The number of hydrogen-bond donors (Lipinski definition) is 0. The summed E-state index contributed by atoms with van der Waals surface area (Å²) >= 11 is 0. The first-order chi connectivity index (χ1) is 0. The third-order valence-corrected chi connectivity index (χ3v) is 0. The van der Waals surface area contributed by atoms with Gasteiger partial charge in [-0.1, -0.05) is 0 Å². The third-order valence-electron chi connectivity index (χ3n) is 0. The Morgan fingerprint density at radius 1 is 0.429 bits per heavy atom. The van der Waals surface area contributed by atoms with Crippen LogP contribution in [0.25, 0.3) is 0 Å². The first-order valence-electron chi connectivity index (χ1n) is 0. The largest absolute Gasteiger partial charge is 2.00 e. The van der Waals surface area contributed by atoms with E-state index in [0.29, 0.717) is 0 Å². The smallest absolute Gasteiger partial charge is 1.00 e. The molecule has 0 heterocycles. The van der Waals surface area contributed by atoms with E-state index in [1.165, 1.54) is 0 Å². The van der Waals surface area contributed by atoms with E-state index in [2.05, 4.69) is 0 Å². The summed E-state index contributed by atoms with van der Waals surface area (Å²) < 4.78 is 0. The van der Waals surface area contributed by atoms with E-state index >= 15 is 0 Å². The van der Waals surface area contributed by atoms with Gasteiger partial charge in [0, 0.05) is 0 Å². The molecule has 0 saturated carbocycles. The van der Waals surface area contributed by atoms with E-state index in [1.807, 2.05) is 0 Å². The minimum absolute atomic E-state index is 0. The van der Waals surface area contributed by atoms with Crippen LogP contribution in [-0.2, 0) is 17.1 Å². The van der Waals surface area contributed by atoms with Crippen molar-refractivity contribution in [1.82, 2.24) is 0 Å². The summed E-state index contributed by atoms with van der Waals surface area (Å²) in [5.41, 5.74) is 0. The minimum Gasteiger partial charge on any atom is -1.00 e. The van der Waals surface area contributed by atoms with Crippen molar-refractivity contribution in [2.45, 2.75) is 0 Å². The molecule has 4 nitrogen and oxygen atoms in total.